The molecule has 0 bridgehead atoms. The minimum atomic E-state index is 0.465. The molecule has 106 valence electrons. The van der Waals surface area contributed by atoms with Gasteiger partial charge < -0.3 is 10.1 Å². The van der Waals surface area contributed by atoms with Crippen LogP contribution < -0.4 is 10.1 Å². The van der Waals surface area contributed by atoms with Crippen molar-refractivity contribution in [2.24, 2.45) is 0 Å². The van der Waals surface area contributed by atoms with Crippen molar-refractivity contribution in [3.8, 4) is 11.6 Å². The van der Waals surface area contributed by atoms with Gasteiger partial charge in [0.2, 0.25) is 5.88 Å². The summed E-state index contributed by atoms with van der Waals surface area (Å²) in [6.45, 7) is 3.67. The molecule has 0 radical (unpaired) electrons. The van der Waals surface area contributed by atoms with Crippen LogP contribution in [0.5, 0.6) is 11.6 Å². The van der Waals surface area contributed by atoms with Crippen molar-refractivity contribution in [3.63, 3.8) is 0 Å². The van der Waals surface area contributed by atoms with Gasteiger partial charge in [0.25, 0.3) is 0 Å². The first-order valence-corrected chi connectivity index (χ1v) is 6.91. The van der Waals surface area contributed by atoms with Gasteiger partial charge in [-0.05, 0) is 24.7 Å². The van der Waals surface area contributed by atoms with Gasteiger partial charge in [-0.15, -0.1) is 5.10 Å². The summed E-state index contributed by atoms with van der Waals surface area (Å²) in [5, 5.41) is 12.4. The van der Waals surface area contributed by atoms with Crippen LogP contribution in [0.4, 0.5) is 0 Å². The van der Waals surface area contributed by atoms with Gasteiger partial charge >= 0.3 is 0 Å². The van der Waals surface area contributed by atoms with E-state index < -0.39 is 0 Å². The first kappa shape index (κ1) is 13.5. The van der Waals surface area contributed by atoms with Crippen molar-refractivity contribution in [1.29, 1.82) is 0 Å². The highest BCUT2D eigenvalue weighted by molar-refractivity contribution is 5.79. The Labute approximate surface area is 123 Å². The third kappa shape index (κ3) is 3.32. The second-order valence-electron chi connectivity index (χ2n) is 4.61. The fraction of sp³-hybridized carbons (Fsp3) is 0.188. The molecular formula is C16H16N4O. The highest BCUT2D eigenvalue weighted by Crippen LogP contribution is 2.22. The molecule has 2 aromatic heterocycles. The summed E-state index contributed by atoms with van der Waals surface area (Å²) in [4.78, 5) is 4.35. The molecule has 3 rings (SSSR count). The van der Waals surface area contributed by atoms with Crippen molar-refractivity contribution in [2.75, 3.05) is 6.54 Å². The summed E-state index contributed by atoms with van der Waals surface area (Å²) in [5.41, 5.74) is 1.83. The monoisotopic (exact) mass is 280 g/mol. The molecule has 5 nitrogen and oxygen atoms in total. The van der Waals surface area contributed by atoms with E-state index in [1.165, 1.54) is 0 Å². The fourth-order valence-electron chi connectivity index (χ4n) is 1.98. The third-order valence-corrected chi connectivity index (χ3v) is 3.04. The topological polar surface area (TPSA) is 59.9 Å². The number of rotatable bonds is 5. The third-order valence-electron chi connectivity index (χ3n) is 3.04. The van der Waals surface area contributed by atoms with E-state index >= 15 is 0 Å². The lowest BCUT2D eigenvalue weighted by molar-refractivity contribution is 0.452. The molecule has 5 heteroatoms. The minimum absolute atomic E-state index is 0.465. The van der Waals surface area contributed by atoms with Crippen LogP contribution in [0, 0.1) is 0 Å². The van der Waals surface area contributed by atoms with Crippen molar-refractivity contribution < 1.29 is 4.74 Å². The quantitative estimate of drug-likeness (QED) is 0.778. The van der Waals surface area contributed by atoms with Crippen LogP contribution in [0.15, 0.2) is 48.7 Å². The lowest BCUT2D eigenvalue weighted by Gasteiger charge is -2.06. The molecule has 0 aliphatic rings. The second kappa shape index (κ2) is 6.28. The Morgan fingerprint density at radius 1 is 1.10 bits per heavy atom. The van der Waals surface area contributed by atoms with Crippen LogP contribution >= 0.6 is 0 Å². The summed E-state index contributed by atoms with van der Waals surface area (Å²) in [6.07, 6.45) is 1.69. The van der Waals surface area contributed by atoms with E-state index in [4.69, 9.17) is 4.74 Å². The average Bonchev–Trinajstić information content (AvgIpc) is 2.54. The normalized spacial score (nSPS) is 10.7. The zero-order chi connectivity index (χ0) is 14.5. The molecule has 0 fully saturated rings. The summed E-state index contributed by atoms with van der Waals surface area (Å²) in [7, 11) is 0. The van der Waals surface area contributed by atoms with E-state index in [1.54, 1.807) is 6.20 Å². The number of hydrogen-bond donors (Lipinski definition) is 1. The van der Waals surface area contributed by atoms with Crippen LogP contribution in [0.1, 0.15) is 12.6 Å². The number of nitrogens with zero attached hydrogens (tertiary/aromatic N) is 3. The van der Waals surface area contributed by atoms with E-state index in [-0.39, 0.29) is 0 Å². The summed E-state index contributed by atoms with van der Waals surface area (Å²) in [5.74, 6) is 1.12. The molecule has 0 saturated carbocycles. The van der Waals surface area contributed by atoms with Gasteiger partial charge in [-0.3, -0.25) is 4.98 Å². The van der Waals surface area contributed by atoms with Gasteiger partial charge in [0.15, 0.2) is 0 Å². The minimum Gasteiger partial charge on any atom is -0.436 e. The Bertz CT molecular complexity index is 728. The van der Waals surface area contributed by atoms with Crippen molar-refractivity contribution in [1.82, 2.24) is 20.5 Å². The first-order chi connectivity index (χ1) is 10.3. The van der Waals surface area contributed by atoms with Gasteiger partial charge in [0.1, 0.15) is 5.75 Å². The largest absolute Gasteiger partial charge is 0.436 e. The fourth-order valence-corrected chi connectivity index (χ4v) is 1.98. The first-order valence-electron chi connectivity index (χ1n) is 6.91. The van der Waals surface area contributed by atoms with Gasteiger partial charge in [-0.25, -0.2) is 0 Å². The van der Waals surface area contributed by atoms with Crippen LogP contribution in [0.2, 0.25) is 0 Å². The number of hydrogen-bond acceptors (Lipinski definition) is 5. The maximum atomic E-state index is 5.69. The Balaban J connectivity index is 1.75. The Morgan fingerprint density at radius 2 is 2.00 bits per heavy atom. The maximum Gasteiger partial charge on any atom is 0.238 e. The van der Waals surface area contributed by atoms with E-state index in [0.29, 0.717) is 18.2 Å². The maximum absolute atomic E-state index is 5.69. The molecule has 0 aliphatic heterocycles. The molecular weight excluding hydrogens is 264 g/mol. The zero-order valence-electron chi connectivity index (χ0n) is 11.8. The van der Waals surface area contributed by atoms with Gasteiger partial charge in [-0.1, -0.05) is 25.1 Å². The van der Waals surface area contributed by atoms with Crippen LogP contribution in [0.3, 0.4) is 0 Å². The molecule has 1 N–H and O–H groups in total. The smallest absolute Gasteiger partial charge is 0.238 e. The summed E-state index contributed by atoms with van der Waals surface area (Å²) >= 11 is 0. The van der Waals surface area contributed by atoms with Crippen LogP contribution in [0.25, 0.3) is 10.9 Å². The number of pyridine rings is 1. The lowest BCUT2D eigenvalue weighted by Crippen LogP contribution is -2.13. The van der Waals surface area contributed by atoms with E-state index in [2.05, 4.69) is 27.4 Å². The number of benzene rings is 1. The van der Waals surface area contributed by atoms with Crippen LogP contribution in [-0.4, -0.2) is 21.7 Å². The predicted molar refractivity (Wildman–Crippen MR) is 81.2 cm³/mol. The van der Waals surface area contributed by atoms with Gasteiger partial charge in [-0.2, -0.15) is 5.10 Å². The van der Waals surface area contributed by atoms with E-state index in [9.17, 15) is 0 Å². The standard InChI is InChI=1S/C16H16N4O/c1-2-17-10-13-7-8-16(20-19-13)21-14-9-12-5-3-4-6-15(12)18-11-14/h3-9,11,17H,2,10H2,1H3. The van der Waals surface area contributed by atoms with Gasteiger partial charge in [0.05, 0.1) is 17.4 Å². The van der Waals surface area contributed by atoms with E-state index in [0.717, 1.165) is 23.1 Å². The molecule has 0 saturated heterocycles. The number of fused-ring (bicyclic) bond motifs is 1. The van der Waals surface area contributed by atoms with Gasteiger partial charge in [0, 0.05) is 18.0 Å². The van der Waals surface area contributed by atoms with E-state index in [1.807, 2.05) is 42.5 Å². The molecule has 0 atom stereocenters. The Kier molecular flexibility index (Phi) is 4.02. The Hall–Kier alpha value is -2.53. The highest BCUT2D eigenvalue weighted by Gasteiger charge is 2.02. The Morgan fingerprint density at radius 3 is 2.81 bits per heavy atom. The molecule has 3 aromatic rings. The lowest BCUT2D eigenvalue weighted by atomic mass is 10.2. The number of ether oxygens (including phenoxy) is 1. The average molecular weight is 280 g/mol. The van der Waals surface area contributed by atoms with Crippen molar-refractivity contribution in [2.45, 2.75) is 13.5 Å². The number of nitrogens with one attached hydrogen (secondary N) is 1. The molecule has 21 heavy (non-hydrogen) atoms. The van der Waals surface area contributed by atoms with Crippen molar-refractivity contribution >= 4 is 10.9 Å². The summed E-state index contributed by atoms with van der Waals surface area (Å²) in [6, 6.07) is 13.6. The van der Waals surface area contributed by atoms with Crippen LogP contribution in [-0.2, 0) is 6.54 Å². The molecule has 0 unspecified atom stereocenters. The zero-order valence-corrected chi connectivity index (χ0v) is 11.8. The highest BCUT2D eigenvalue weighted by atomic mass is 16.5. The molecule has 0 spiro atoms. The second-order valence-corrected chi connectivity index (χ2v) is 4.61. The predicted octanol–water partition coefficient (Wildman–Crippen LogP) is 2.93. The van der Waals surface area contributed by atoms with Crippen molar-refractivity contribution in [3.05, 3.63) is 54.4 Å². The molecule has 1 aromatic carbocycles. The molecule has 2 heterocycles. The SMILES string of the molecule is CCNCc1ccc(Oc2cnc3ccccc3c2)nn1. The molecule has 0 amide bonds. The number of aromatic nitrogens is 3. The summed E-state index contributed by atoms with van der Waals surface area (Å²) < 4.78 is 5.69. The number of para-hydroxylation sites is 1. The molecule has 0 aliphatic carbocycles.